The molecular formula is C21H29NO4. The fraction of sp³-hybridized carbons (Fsp3) is 0.524. The molecule has 1 aromatic rings. The first kappa shape index (κ1) is 20.3. The Kier molecular flexibility index (Phi) is 8.01. The van der Waals surface area contributed by atoms with E-state index in [0.29, 0.717) is 18.6 Å². The van der Waals surface area contributed by atoms with Crippen molar-refractivity contribution in [2.45, 2.75) is 64.4 Å². The van der Waals surface area contributed by atoms with Gasteiger partial charge in [-0.2, -0.15) is 0 Å². The van der Waals surface area contributed by atoms with Crippen LogP contribution < -0.4 is 0 Å². The third-order valence-electron chi connectivity index (χ3n) is 4.54. The first-order chi connectivity index (χ1) is 12.6. The number of carbonyl (C=O) groups is 1. The molecule has 0 spiro atoms. The van der Waals surface area contributed by atoms with E-state index in [1.165, 1.54) is 0 Å². The number of benzene rings is 1. The smallest absolute Gasteiger partial charge is 0.333 e. The summed E-state index contributed by atoms with van der Waals surface area (Å²) in [6.45, 7) is 6.18. The van der Waals surface area contributed by atoms with Gasteiger partial charge in [0.25, 0.3) is 0 Å². The van der Waals surface area contributed by atoms with Crippen molar-refractivity contribution in [2.24, 2.45) is 4.99 Å². The van der Waals surface area contributed by atoms with Crippen molar-refractivity contribution in [3.63, 3.8) is 0 Å². The molecule has 142 valence electrons. The number of hydrogen-bond acceptors (Lipinski definition) is 5. The maximum atomic E-state index is 12.2. The van der Waals surface area contributed by atoms with Crippen molar-refractivity contribution in [3.8, 4) is 0 Å². The molecule has 0 unspecified atom stereocenters. The Balaban J connectivity index is 2.21. The molecule has 1 aromatic carbocycles. The number of aliphatic imine (C=N–C) groups is 1. The van der Waals surface area contributed by atoms with Crippen LogP contribution in [0.3, 0.4) is 0 Å². The maximum absolute atomic E-state index is 12.2. The normalized spacial score (nSPS) is 23.3. The van der Waals surface area contributed by atoms with E-state index < -0.39 is 18.2 Å². The highest BCUT2D eigenvalue weighted by Crippen LogP contribution is 2.26. The van der Waals surface area contributed by atoms with Crippen molar-refractivity contribution in [1.82, 2.24) is 0 Å². The predicted octanol–water partition coefficient (Wildman–Crippen LogP) is 3.30. The summed E-state index contributed by atoms with van der Waals surface area (Å²) in [5.74, 6) is -0.363. The minimum absolute atomic E-state index is 0.0335. The highest BCUT2D eigenvalue weighted by atomic mass is 16.5. The van der Waals surface area contributed by atoms with Crippen molar-refractivity contribution < 1.29 is 19.4 Å². The van der Waals surface area contributed by atoms with E-state index in [0.717, 1.165) is 18.4 Å². The number of aliphatic hydroxyl groups excluding tert-OH is 1. The van der Waals surface area contributed by atoms with Crippen LogP contribution in [0.5, 0.6) is 0 Å². The molecule has 1 aliphatic rings. The molecule has 0 amide bonds. The molecule has 0 heterocycles. The number of carbonyl (C=O) groups excluding carboxylic acids is 1. The van der Waals surface area contributed by atoms with E-state index >= 15 is 0 Å². The van der Waals surface area contributed by atoms with Crippen molar-refractivity contribution >= 4 is 12.2 Å². The summed E-state index contributed by atoms with van der Waals surface area (Å²) in [5.41, 5.74) is 1.47. The SMILES string of the molecule is CCOC(=O)C1=C[C@@H](OC(CC)CC)[C@@H](O)[C@H](N=Cc2ccccc2)C1. The van der Waals surface area contributed by atoms with Crippen LogP contribution in [-0.4, -0.2) is 48.3 Å². The van der Waals surface area contributed by atoms with Gasteiger partial charge >= 0.3 is 5.97 Å². The second-order valence-corrected chi connectivity index (χ2v) is 6.40. The van der Waals surface area contributed by atoms with Gasteiger partial charge in [0.2, 0.25) is 0 Å². The van der Waals surface area contributed by atoms with E-state index in [9.17, 15) is 9.90 Å². The Hall–Kier alpha value is -1.98. The standard InChI is InChI=1S/C21H29NO4/c1-4-17(5-2)26-19-13-16(21(24)25-6-3)12-18(20(19)23)22-14-15-10-8-7-9-11-15/h7-11,13-14,17-20,23H,4-6,12H2,1-3H3/t18-,19-,20+/m1/s1. The molecule has 0 radical (unpaired) electrons. The maximum Gasteiger partial charge on any atom is 0.333 e. The van der Waals surface area contributed by atoms with E-state index in [1.54, 1.807) is 19.2 Å². The van der Waals surface area contributed by atoms with Crippen LogP contribution in [-0.2, 0) is 14.3 Å². The number of esters is 1. The number of aliphatic hydroxyl groups is 1. The van der Waals surface area contributed by atoms with Gasteiger partial charge < -0.3 is 14.6 Å². The fourth-order valence-corrected chi connectivity index (χ4v) is 2.99. The van der Waals surface area contributed by atoms with E-state index in [1.807, 2.05) is 44.2 Å². The zero-order valence-electron chi connectivity index (χ0n) is 15.8. The minimum Gasteiger partial charge on any atom is -0.463 e. The Morgan fingerprint density at radius 1 is 1.27 bits per heavy atom. The zero-order chi connectivity index (χ0) is 18.9. The lowest BCUT2D eigenvalue weighted by Crippen LogP contribution is -2.43. The molecule has 1 aliphatic carbocycles. The third kappa shape index (κ3) is 5.51. The highest BCUT2D eigenvalue weighted by Gasteiger charge is 2.35. The summed E-state index contributed by atoms with van der Waals surface area (Å²) in [4.78, 5) is 16.7. The lowest BCUT2D eigenvalue weighted by molar-refractivity contribution is -0.139. The summed E-state index contributed by atoms with van der Waals surface area (Å²) in [6, 6.07) is 9.24. The van der Waals surface area contributed by atoms with Crippen LogP contribution in [0.1, 0.15) is 45.6 Å². The molecule has 1 N–H and O–H groups in total. The Bertz CT molecular complexity index is 622. The van der Waals surface area contributed by atoms with Crippen molar-refractivity contribution in [2.75, 3.05) is 6.61 Å². The largest absolute Gasteiger partial charge is 0.463 e. The molecule has 5 nitrogen and oxygen atoms in total. The van der Waals surface area contributed by atoms with Crippen LogP contribution in [0.4, 0.5) is 0 Å². The summed E-state index contributed by atoms with van der Waals surface area (Å²) in [6.07, 6.45) is 4.14. The molecule has 3 atom stereocenters. The highest BCUT2D eigenvalue weighted by molar-refractivity contribution is 5.89. The predicted molar refractivity (Wildman–Crippen MR) is 102 cm³/mol. The Morgan fingerprint density at radius 2 is 1.96 bits per heavy atom. The molecule has 26 heavy (non-hydrogen) atoms. The van der Waals surface area contributed by atoms with E-state index in [4.69, 9.17) is 9.47 Å². The van der Waals surface area contributed by atoms with E-state index in [2.05, 4.69) is 4.99 Å². The summed E-state index contributed by atoms with van der Waals surface area (Å²) >= 11 is 0. The minimum atomic E-state index is -0.797. The molecule has 0 aromatic heterocycles. The molecular weight excluding hydrogens is 330 g/mol. The van der Waals surface area contributed by atoms with Gasteiger partial charge in [0, 0.05) is 18.2 Å². The molecule has 0 saturated carbocycles. The van der Waals surface area contributed by atoms with Crippen LogP contribution in [0, 0.1) is 0 Å². The lowest BCUT2D eigenvalue weighted by Gasteiger charge is -2.33. The Morgan fingerprint density at radius 3 is 2.58 bits per heavy atom. The van der Waals surface area contributed by atoms with E-state index in [-0.39, 0.29) is 12.1 Å². The number of hydrogen-bond donors (Lipinski definition) is 1. The van der Waals surface area contributed by atoms with Gasteiger partial charge in [-0.05, 0) is 31.4 Å². The molecule has 0 saturated heterocycles. The summed E-state index contributed by atoms with van der Waals surface area (Å²) in [7, 11) is 0. The van der Waals surface area contributed by atoms with Gasteiger partial charge in [-0.15, -0.1) is 0 Å². The topological polar surface area (TPSA) is 68.1 Å². The molecule has 2 rings (SSSR count). The van der Waals surface area contributed by atoms with Crippen molar-refractivity contribution in [3.05, 3.63) is 47.5 Å². The van der Waals surface area contributed by atoms with Gasteiger partial charge in [0.05, 0.1) is 18.8 Å². The molecule has 0 bridgehead atoms. The van der Waals surface area contributed by atoms with Gasteiger partial charge in [-0.1, -0.05) is 44.2 Å². The summed E-state index contributed by atoms with van der Waals surface area (Å²) < 4.78 is 11.2. The monoisotopic (exact) mass is 359 g/mol. The van der Waals surface area contributed by atoms with Crippen LogP contribution in [0.15, 0.2) is 47.0 Å². The quantitative estimate of drug-likeness (QED) is 0.571. The van der Waals surface area contributed by atoms with Crippen molar-refractivity contribution in [1.29, 1.82) is 0 Å². The van der Waals surface area contributed by atoms with Crippen LogP contribution in [0.25, 0.3) is 0 Å². The first-order valence-corrected chi connectivity index (χ1v) is 9.38. The average molecular weight is 359 g/mol. The Labute approximate surface area is 155 Å². The van der Waals surface area contributed by atoms with Gasteiger partial charge in [-0.25, -0.2) is 4.79 Å². The molecule has 5 heteroatoms. The third-order valence-corrected chi connectivity index (χ3v) is 4.54. The second-order valence-electron chi connectivity index (χ2n) is 6.40. The van der Waals surface area contributed by atoms with Gasteiger partial charge in [-0.3, -0.25) is 4.99 Å². The van der Waals surface area contributed by atoms with Crippen LogP contribution in [0.2, 0.25) is 0 Å². The summed E-state index contributed by atoms with van der Waals surface area (Å²) in [5, 5.41) is 10.7. The number of ether oxygens (including phenoxy) is 2. The lowest BCUT2D eigenvalue weighted by atomic mass is 9.90. The first-order valence-electron chi connectivity index (χ1n) is 9.38. The number of nitrogens with zero attached hydrogens (tertiary/aromatic N) is 1. The molecule has 0 fully saturated rings. The van der Waals surface area contributed by atoms with Crippen LogP contribution >= 0.6 is 0 Å². The van der Waals surface area contributed by atoms with Gasteiger partial charge in [0.1, 0.15) is 12.2 Å². The number of rotatable bonds is 8. The second kappa shape index (κ2) is 10.2. The molecule has 0 aliphatic heterocycles. The average Bonchev–Trinajstić information content (AvgIpc) is 2.67. The zero-order valence-corrected chi connectivity index (χ0v) is 15.8. The van der Waals surface area contributed by atoms with Gasteiger partial charge in [0.15, 0.2) is 0 Å². The fourth-order valence-electron chi connectivity index (χ4n) is 2.99.